The summed E-state index contributed by atoms with van der Waals surface area (Å²) in [5.74, 6) is -0.237. The van der Waals surface area contributed by atoms with Gasteiger partial charge in [-0.05, 0) is 99.0 Å². The Balaban J connectivity index is 1.12. The van der Waals surface area contributed by atoms with Gasteiger partial charge in [-0.15, -0.1) is 0 Å². The number of hydrogen-bond donors (Lipinski definition) is 3. The van der Waals surface area contributed by atoms with E-state index in [-0.39, 0.29) is 16.8 Å². The highest BCUT2D eigenvalue weighted by Gasteiger charge is 2.30. The Morgan fingerprint density at radius 3 is 2.27 bits per heavy atom. The molecule has 1 heterocycles. The molecule has 0 aliphatic carbocycles. The second-order valence-corrected chi connectivity index (χ2v) is 12.1. The van der Waals surface area contributed by atoms with E-state index in [4.69, 9.17) is 11.6 Å². The Labute approximate surface area is 243 Å². The summed E-state index contributed by atoms with van der Waals surface area (Å²) in [6.07, 6.45) is -0.963. The zero-order valence-corrected chi connectivity index (χ0v) is 23.8. The van der Waals surface area contributed by atoms with Gasteiger partial charge >= 0.3 is 6.18 Å². The quantitative estimate of drug-likeness (QED) is 0.224. The maximum Gasteiger partial charge on any atom is 0.416 e. The molecule has 3 N–H and O–H groups in total. The van der Waals surface area contributed by atoms with Crippen LogP contribution in [0.3, 0.4) is 0 Å². The van der Waals surface area contributed by atoms with Crippen molar-refractivity contribution in [2.75, 3.05) is 36.2 Å². The molecule has 0 saturated carbocycles. The van der Waals surface area contributed by atoms with Gasteiger partial charge in [-0.2, -0.15) is 13.2 Å². The van der Waals surface area contributed by atoms with Crippen LogP contribution in [0.15, 0.2) is 77.7 Å². The summed E-state index contributed by atoms with van der Waals surface area (Å²) >= 11 is 5.82. The minimum absolute atomic E-state index is 0.0832. The molecule has 0 spiro atoms. The average Bonchev–Trinajstić information content (AvgIpc) is 2.94. The minimum atomic E-state index is -4.35. The van der Waals surface area contributed by atoms with Crippen molar-refractivity contribution in [3.8, 4) is 0 Å². The molecule has 7 nitrogen and oxygen atoms in total. The topological polar surface area (TPSA) is 90.5 Å². The number of piperidine rings is 1. The second-order valence-electron chi connectivity index (χ2n) is 9.94. The summed E-state index contributed by atoms with van der Waals surface area (Å²) in [5, 5.41) is 6.55. The number of alkyl halides is 3. The molecule has 0 atom stereocenters. The van der Waals surface area contributed by atoms with Crippen LogP contribution < -0.4 is 15.4 Å². The van der Waals surface area contributed by atoms with Crippen molar-refractivity contribution >= 4 is 38.9 Å². The number of hydrogen-bond acceptors (Lipinski definition) is 5. The molecule has 1 fully saturated rings. The molecule has 41 heavy (non-hydrogen) atoms. The first-order chi connectivity index (χ1) is 19.5. The maximum absolute atomic E-state index is 12.9. The van der Waals surface area contributed by atoms with E-state index in [1.54, 1.807) is 18.2 Å². The molecule has 0 radical (unpaired) electrons. The Kier molecular flexibility index (Phi) is 10.2. The predicted octanol–water partition coefficient (Wildman–Crippen LogP) is 6.25. The molecule has 0 unspecified atom stereocenters. The summed E-state index contributed by atoms with van der Waals surface area (Å²) in [6.45, 7) is 3.11. The lowest BCUT2D eigenvalue weighted by Crippen LogP contribution is -2.39. The number of nitrogens with one attached hydrogen (secondary N) is 3. The third-order valence-electron chi connectivity index (χ3n) is 6.86. The van der Waals surface area contributed by atoms with E-state index in [2.05, 4.69) is 20.3 Å². The van der Waals surface area contributed by atoms with Gasteiger partial charge in [0.1, 0.15) is 0 Å². The van der Waals surface area contributed by atoms with Gasteiger partial charge in [-0.1, -0.05) is 17.7 Å². The molecule has 1 aliphatic heterocycles. The summed E-state index contributed by atoms with van der Waals surface area (Å²) in [7, 11) is -3.77. The van der Waals surface area contributed by atoms with Crippen molar-refractivity contribution < 1.29 is 26.4 Å². The number of rotatable bonds is 11. The van der Waals surface area contributed by atoms with Crippen molar-refractivity contribution in [2.24, 2.45) is 0 Å². The molecule has 4 rings (SSSR count). The molecule has 1 saturated heterocycles. The molecular formula is C29H32ClF3N4O3S. The largest absolute Gasteiger partial charge is 0.416 e. The van der Waals surface area contributed by atoms with Gasteiger partial charge in [-0.3, -0.25) is 9.52 Å². The Morgan fingerprint density at radius 1 is 0.927 bits per heavy atom. The van der Waals surface area contributed by atoms with E-state index in [1.807, 2.05) is 0 Å². The number of likely N-dealkylation sites (tertiary alicyclic amines) is 1. The molecular weight excluding hydrogens is 577 g/mol. The molecule has 3 aromatic carbocycles. The van der Waals surface area contributed by atoms with Crippen LogP contribution in [-0.2, 0) is 16.2 Å². The number of anilines is 2. The predicted molar refractivity (Wildman–Crippen MR) is 155 cm³/mol. The standard InChI is InChI=1S/C29H32ClF3N4O3S/c30-23-8-12-27(13-9-23)41(39,40)36-25-10-6-21(7-11-25)28(38)34-16-1-2-17-37-18-14-24(15-19-37)35-26-5-3-4-22(20-26)29(31,32)33/h3-13,20,24,35-36H,1-2,14-19H2,(H,34,38). The first kappa shape index (κ1) is 30.7. The van der Waals surface area contributed by atoms with Gasteiger partial charge in [0.15, 0.2) is 0 Å². The zero-order valence-electron chi connectivity index (χ0n) is 22.3. The molecule has 1 aliphatic rings. The number of carbonyl (C=O) groups excluding carboxylic acids is 1. The lowest BCUT2D eigenvalue weighted by molar-refractivity contribution is -0.137. The Hall–Kier alpha value is -3.28. The van der Waals surface area contributed by atoms with Gasteiger partial charge in [0.25, 0.3) is 15.9 Å². The van der Waals surface area contributed by atoms with Crippen LogP contribution >= 0.6 is 11.6 Å². The van der Waals surface area contributed by atoms with Gasteiger partial charge in [0, 0.05) is 47.6 Å². The second kappa shape index (κ2) is 13.6. The third kappa shape index (κ3) is 9.11. The fourth-order valence-electron chi connectivity index (χ4n) is 4.60. The normalized spacial score (nSPS) is 14.9. The number of carbonyl (C=O) groups is 1. The van der Waals surface area contributed by atoms with Gasteiger partial charge < -0.3 is 15.5 Å². The molecule has 0 bridgehead atoms. The smallest absolute Gasteiger partial charge is 0.382 e. The fraction of sp³-hybridized carbons (Fsp3) is 0.345. The van der Waals surface area contributed by atoms with Gasteiger partial charge in [-0.25, -0.2) is 8.42 Å². The highest BCUT2D eigenvalue weighted by atomic mass is 35.5. The SMILES string of the molecule is O=C(NCCCCN1CCC(Nc2cccc(C(F)(F)F)c2)CC1)c1ccc(NS(=O)(=O)c2ccc(Cl)cc2)cc1. The van der Waals surface area contributed by atoms with Gasteiger partial charge in [0.05, 0.1) is 10.5 Å². The van der Waals surface area contributed by atoms with Crippen LogP contribution in [-0.4, -0.2) is 51.4 Å². The first-order valence-corrected chi connectivity index (χ1v) is 15.2. The highest BCUT2D eigenvalue weighted by molar-refractivity contribution is 7.92. The summed E-state index contributed by atoms with van der Waals surface area (Å²) in [6, 6.07) is 17.5. The molecule has 12 heteroatoms. The number of nitrogens with zero attached hydrogens (tertiary/aromatic N) is 1. The van der Waals surface area contributed by atoms with Crippen molar-refractivity contribution in [1.29, 1.82) is 0 Å². The van der Waals surface area contributed by atoms with Crippen LogP contribution in [0.4, 0.5) is 24.5 Å². The van der Waals surface area contributed by atoms with Crippen molar-refractivity contribution in [3.63, 3.8) is 0 Å². The Morgan fingerprint density at radius 2 is 1.61 bits per heavy atom. The van der Waals surface area contributed by atoms with Crippen LogP contribution in [0.25, 0.3) is 0 Å². The number of halogens is 4. The third-order valence-corrected chi connectivity index (χ3v) is 8.51. The lowest BCUT2D eigenvalue weighted by Gasteiger charge is -2.33. The van der Waals surface area contributed by atoms with Crippen molar-refractivity contribution in [2.45, 2.75) is 42.8 Å². The van der Waals surface area contributed by atoms with Crippen LogP contribution in [0.2, 0.25) is 5.02 Å². The highest BCUT2D eigenvalue weighted by Crippen LogP contribution is 2.31. The number of sulfonamides is 1. The summed E-state index contributed by atoms with van der Waals surface area (Å²) in [5.41, 5.74) is 0.602. The van der Waals surface area contributed by atoms with E-state index in [0.29, 0.717) is 28.5 Å². The number of benzene rings is 3. The van der Waals surface area contributed by atoms with Crippen LogP contribution in [0, 0.1) is 0 Å². The van der Waals surface area contributed by atoms with Crippen molar-refractivity contribution in [3.05, 3.63) is 88.9 Å². The lowest BCUT2D eigenvalue weighted by atomic mass is 10.0. The minimum Gasteiger partial charge on any atom is -0.382 e. The van der Waals surface area contributed by atoms with Crippen LogP contribution in [0.5, 0.6) is 0 Å². The first-order valence-electron chi connectivity index (χ1n) is 13.3. The Bertz CT molecular complexity index is 1410. The maximum atomic E-state index is 12.9. The molecule has 0 aromatic heterocycles. The van der Waals surface area contributed by atoms with E-state index in [0.717, 1.165) is 57.5 Å². The van der Waals surface area contributed by atoms with E-state index >= 15 is 0 Å². The number of amides is 1. The molecule has 220 valence electrons. The molecule has 1 amide bonds. The zero-order chi connectivity index (χ0) is 29.5. The molecule has 3 aromatic rings. The average molecular weight is 609 g/mol. The van der Waals surface area contributed by atoms with E-state index < -0.39 is 21.8 Å². The summed E-state index contributed by atoms with van der Waals surface area (Å²) < 4.78 is 66.3. The van der Waals surface area contributed by atoms with E-state index in [1.165, 1.54) is 42.5 Å². The van der Waals surface area contributed by atoms with Crippen molar-refractivity contribution in [1.82, 2.24) is 10.2 Å². The van der Waals surface area contributed by atoms with E-state index in [9.17, 15) is 26.4 Å². The monoisotopic (exact) mass is 608 g/mol. The summed E-state index contributed by atoms with van der Waals surface area (Å²) in [4.78, 5) is 14.9. The van der Waals surface area contributed by atoms with Crippen LogP contribution in [0.1, 0.15) is 41.6 Å². The number of unbranched alkanes of at least 4 members (excludes halogenated alkanes) is 1. The van der Waals surface area contributed by atoms with Gasteiger partial charge in [0.2, 0.25) is 0 Å². The fourth-order valence-corrected chi connectivity index (χ4v) is 5.79.